The van der Waals surface area contributed by atoms with E-state index >= 15 is 0 Å². The molecule has 0 N–H and O–H groups in total. The van der Waals surface area contributed by atoms with E-state index in [0.29, 0.717) is 13.2 Å². The van der Waals surface area contributed by atoms with E-state index in [9.17, 15) is 9.59 Å². The Bertz CT molecular complexity index is 354. The van der Waals surface area contributed by atoms with E-state index < -0.39 is 0 Å². The van der Waals surface area contributed by atoms with Gasteiger partial charge in [-0.2, -0.15) is 0 Å². The van der Waals surface area contributed by atoms with Crippen LogP contribution >= 0.6 is 0 Å². The normalized spacial score (nSPS) is 10.4. The third-order valence-electron chi connectivity index (χ3n) is 4.61. The smallest absolute Gasteiger partial charge is 0.330 e. The summed E-state index contributed by atoms with van der Waals surface area (Å²) in [6.45, 7) is 7.79. The van der Waals surface area contributed by atoms with Crippen LogP contribution in [0.2, 0.25) is 0 Å². The molecule has 156 valence electrons. The van der Waals surface area contributed by atoms with Gasteiger partial charge in [0.25, 0.3) is 0 Å². The molecule has 27 heavy (non-hydrogen) atoms. The molecule has 0 bridgehead atoms. The van der Waals surface area contributed by atoms with Crippen LogP contribution in [0.15, 0.2) is 25.3 Å². The Morgan fingerprint density at radius 1 is 0.481 bits per heavy atom. The Labute approximate surface area is 166 Å². The van der Waals surface area contributed by atoms with Crippen molar-refractivity contribution >= 4 is 11.9 Å². The molecular weight excluding hydrogens is 340 g/mol. The molecule has 0 fully saturated rings. The quantitative estimate of drug-likeness (QED) is 0.141. The van der Waals surface area contributed by atoms with Crippen molar-refractivity contribution in [2.24, 2.45) is 0 Å². The second-order valence-electron chi connectivity index (χ2n) is 7.05. The summed E-state index contributed by atoms with van der Waals surface area (Å²) < 4.78 is 9.90. The van der Waals surface area contributed by atoms with Gasteiger partial charge < -0.3 is 9.47 Å². The SMILES string of the molecule is C=CC(=O)OCCCCCCCCCCCCCCCCCOC(=O)C=C. The maximum absolute atomic E-state index is 10.9. The molecule has 0 rings (SSSR count). The average molecular weight is 381 g/mol. The molecule has 0 unspecified atom stereocenters. The van der Waals surface area contributed by atoms with Crippen molar-refractivity contribution in [3.8, 4) is 0 Å². The molecule has 0 aromatic rings. The fourth-order valence-electron chi connectivity index (χ4n) is 2.97. The molecule has 0 aromatic carbocycles. The van der Waals surface area contributed by atoms with Gasteiger partial charge in [-0.3, -0.25) is 0 Å². The molecule has 0 amide bonds. The highest BCUT2D eigenvalue weighted by atomic mass is 16.5. The molecule has 0 aromatic heterocycles. The van der Waals surface area contributed by atoms with E-state index in [4.69, 9.17) is 9.47 Å². The largest absolute Gasteiger partial charge is 0.463 e. The predicted octanol–water partition coefficient (Wildman–Crippen LogP) is 6.30. The highest BCUT2D eigenvalue weighted by molar-refractivity contribution is 5.81. The van der Waals surface area contributed by atoms with Crippen LogP contribution in [0.5, 0.6) is 0 Å². The monoisotopic (exact) mass is 380 g/mol. The number of carbonyl (C=O) groups is 2. The third kappa shape index (κ3) is 20.6. The van der Waals surface area contributed by atoms with Gasteiger partial charge in [0.2, 0.25) is 0 Å². The zero-order valence-electron chi connectivity index (χ0n) is 17.2. The lowest BCUT2D eigenvalue weighted by Gasteiger charge is -2.04. The Morgan fingerprint density at radius 3 is 0.926 bits per heavy atom. The highest BCUT2D eigenvalue weighted by Gasteiger charge is 1.97. The van der Waals surface area contributed by atoms with Gasteiger partial charge in [0.15, 0.2) is 0 Å². The number of carbonyl (C=O) groups excluding carboxylic acids is 2. The number of ether oxygens (including phenoxy) is 2. The average Bonchev–Trinajstić information content (AvgIpc) is 2.69. The van der Waals surface area contributed by atoms with Gasteiger partial charge in [-0.25, -0.2) is 9.59 Å². The van der Waals surface area contributed by atoms with Gasteiger partial charge in [-0.1, -0.05) is 96.6 Å². The Morgan fingerprint density at radius 2 is 0.704 bits per heavy atom. The standard InChI is InChI=1S/C23H40O4/c1-3-22(24)26-20-18-16-14-12-10-8-6-5-7-9-11-13-15-17-19-21-27-23(25)4-2/h3-4H,1-2,5-21H2. The maximum atomic E-state index is 10.9. The lowest BCUT2D eigenvalue weighted by atomic mass is 10.0. The van der Waals surface area contributed by atoms with Crippen LogP contribution in [0, 0.1) is 0 Å². The summed E-state index contributed by atoms with van der Waals surface area (Å²) in [6, 6.07) is 0. The van der Waals surface area contributed by atoms with Crippen LogP contribution in [0.1, 0.15) is 96.3 Å². The van der Waals surface area contributed by atoms with E-state index in [1.54, 1.807) is 0 Å². The second-order valence-corrected chi connectivity index (χ2v) is 7.05. The summed E-state index contributed by atoms with van der Waals surface area (Å²) in [6.07, 6.45) is 21.1. The number of rotatable bonds is 20. The summed E-state index contributed by atoms with van der Waals surface area (Å²) in [4.78, 5) is 21.7. The van der Waals surface area contributed by atoms with E-state index in [0.717, 1.165) is 25.7 Å². The summed E-state index contributed by atoms with van der Waals surface area (Å²) in [7, 11) is 0. The predicted molar refractivity (Wildman–Crippen MR) is 112 cm³/mol. The van der Waals surface area contributed by atoms with Crippen LogP contribution < -0.4 is 0 Å². The van der Waals surface area contributed by atoms with Gasteiger partial charge in [-0.15, -0.1) is 0 Å². The lowest BCUT2D eigenvalue weighted by Crippen LogP contribution is -2.01. The van der Waals surface area contributed by atoms with Crippen molar-refractivity contribution in [3.05, 3.63) is 25.3 Å². The topological polar surface area (TPSA) is 52.6 Å². The van der Waals surface area contributed by atoms with E-state index in [1.165, 1.54) is 82.8 Å². The minimum atomic E-state index is -0.318. The van der Waals surface area contributed by atoms with Crippen molar-refractivity contribution in [2.45, 2.75) is 96.3 Å². The van der Waals surface area contributed by atoms with Crippen LogP contribution in [0.25, 0.3) is 0 Å². The van der Waals surface area contributed by atoms with Gasteiger partial charge in [-0.05, 0) is 12.8 Å². The van der Waals surface area contributed by atoms with Gasteiger partial charge in [0.1, 0.15) is 0 Å². The molecule has 0 spiro atoms. The van der Waals surface area contributed by atoms with Crippen molar-refractivity contribution in [3.63, 3.8) is 0 Å². The third-order valence-corrected chi connectivity index (χ3v) is 4.61. The molecule has 4 nitrogen and oxygen atoms in total. The van der Waals surface area contributed by atoms with Crippen LogP contribution in [0.3, 0.4) is 0 Å². The first kappa shape index (κ1) is 25.4. The summed E-state index contributed by atoms with van der Waals surface area (Å²) in [5.74, 6) is -0.636. The first-order chi connectivity index (χ1) is 13.2. The second kappa shape index (κ2) is 20.7. The number of hydrogen-bond donors (Lipinski definition) is 0. The Kier molecular flexibility index (Phi) is 19.5. The van der Waals surface area contributed by atoms with Gasteiger partial charge >= 0.3 is 11.9 Å². The van der Waals surface area contributed by atoms with E-state index in [2.05, 4.69) is 13.2 Å². The van der Waals surface area contributed by atoms with E-state index in [-0.39, 0.29) is 11.9 Å². The van der Waals surface area contributed by atoms with Crippen molar-refractivity contribution in [1.29, 1.82) is 0 Å². The van der Waals surface area contributed by atoms with Crippen LogP contribution in [0.4, 0.5) is 0 Å². The summed E-state index contributed by atoms with van der Waals surface area (Å²) >= 11 is 0. The molecule has 0 atom stereocenters. The lowest BCUT2D eigenvalue weighted by molar-refractivity contribution is -0.138. The number of esters is 2. The van der Waals surface area contributed by atoms with Gasteiger partial charge in [0, 0.05) is 12.2 Å². The van der Waals surface area contributed by atoms with Crippen LogP contribution in [-0.4, -0.2) is 25.2 Å². The van der Waals surface area contributed by atoms with Crippen molar-refractivity contribution in [1.82, 2.24) is 0 Å². The fourth-order valence-corrected chi connectivity index (χ4v) is 2.97. The first-order valence-corrected chi connectivity index (χ1v) is 10.8. The molecule has 0 saturated heterocycles. The summed E-state index contributed by atoms with van der Waals surface area (Å²) in [5.41, 5.74) is 0. The number of unbranched alkanes of at least 4 members (excludes halogenated alkanes) is 14. The maximum Gasteiger partial charge on any atom is 0.330 e. The van der Waals surface area contributed by atoms with Crippen LogP contribution in [-0.2, 0) is 19.1 Å². The minimum absolute atomic E-state index is 0.318. The van der Waals surface area contributed by atoms with E-state index in [1.807, 2.05) is 0 Å². The van der Waals surface area contributed by atoms with Crippen molar-refractivity contribution < 1.29 is 19.1 Å². The first-order valence-electron chi connectivity index (χ1n) is 10.8. The molecular formula is C23H40O4. The fraction of sp³-hybridized carbons (Fsp3) is 0.739. The molecule has 0 saturated carbocycles. The molecule has 0 aliphatic carbocycles. The highest BCUT2D eigenvalue weighted by Crippen LogP contribution is 2.13. The Balaban J connectivity index is 3.07. The molecule has 0 aliphatic heterocycles. The molecule has 0 heterocycles. The van der Waals surface area contributed by atoms with Crippen molar-refractivity contribution in [2.75, 3.05) is 13.2 Å². The zero-order valence-corrected chi connectivity index (χ0v) is 17.2. The molecule has 4 heteroatoms. The zero-order chi connectivity index (χ0) is 20.0. The summed E-state index contributed by atoms with van der Waals surface area (Å²) in [5, 5.41) is 0. The minimum Gasteiger partial charge on any atom is -0.463 e. The molecule has 0 aliphatic rings. The number of hydrogen-bond acceptors (Lipinski definition) is 4. The Hall–Kier alpha value is -1.58. The van der Waals surface area contributed by atoms with Gasteiger partial charge in [0.05, 0.1) is 13.2 Å². The molecule has 0 radical (unpaired) electrons.